The Morgan fingerprint density at radius 3 is 2.80 bits per heavy atom. The third-order valence-electron chi connectivity index (χ3n) is 0.930. The average Bonchev–Trinajstić information content (AvgIpc) is 2.11. The smallest absolute Gasteiger partial charge is 0.337 e. The average molecular weight is 141 g/mol. The van der Waals surface area contributed by atoms with Crippen LogP contribution in [0, 0.1) is 0 Å². The van der Waals surface area contributed by atoms with E-state index in [2.05, 4.69) is 0 Å². The summed E-state index contributed by atoms with van der Waals surface area (Å²) in [4.78, 5) is 10.6. The van der Waals surface area contributed by atoms with E-state index in [0.717, 1.165) is 0 Å². The lowest BCUT2D eigenvalue weighted by Crippen LogP contribution is -2.00. The molecule has 1 rings (SSSR count). The van der Waals surface area contributed by atoms with Gasteiger partial charge in [0.1, 0.15) is 0 Å². The maximum Gasteiger partial charge on any atom is 0.337 e. The zero-order valence-corrected chi connectivity index (χ0v) is 4.93. The van der Waals surface area contributed by atoms with Crippen LogP contribution in [0.25, 0.3) is 0 Å². The van der Waals surface area contributed by atoms with E-state index in [9.17, 15) is 4.79 Å². The summed E-state index contributed by atoms with van der Waals surface area (Å²) in [6.45, 7) is 0. The van der Waals surface area contributed by atoms with Crippen molar-refractivity contribution in [3.8, 4) is 0 Å². The predicted octanol–water partition coefficient (Wildman–Crippen LogP) is 0.967. The maximum absolute atomic E-state index is 10.6. The van der Waals surface area contributed by atoms with E-state index in [-0.39, 0.29) is 0 Å². The number of nitrogen functional groups attached to an aromatic ring is 1. The van der Waals surface area contributed by atoms with Crippen LogP contribution in [0.1, 0.15) is 15.8 Å². The third-order valence-corrected chi connectivity index (χ3v) is 0.930. The van der Waals surface area contributed by atoms with Gasteiger partial charge in [0, 0.05) is 5.69 Å². The molecule has 0 spiro atoms. The number of carbonyl (C=O) groups is 1. The molecule has 1 aromatic carbocycles. The molecule has 0 amide bonds. The molecule has 3 nitrogen and oxygen atoms in total. The number of nitrogens with two attached hydrogens (primary N) is 1. The van der Waals surface area contributed by atoms with E-state index < -0.39 is 41.4 Å². The first-order valence-electron chi connectivity index (χ1n) is 4.47. The summed E-state index contributed by atoms with van der Waals surface area (Å²) >= 11 is 0. The Kier molecular flexibility index (Phi) is 0.730. The highest BCUT2D eigenvalue weighted by Gasteiger charge is 2.03. The van der Waals surface area contributed by atoms with Crippen molar-refractivity contribution in [2.75, 3.05) is 5.73 Å². The highest BCUT2D eigenvalue weighted by Crippen LogP contribution is 2.08. The summed E-state index contributed by atoms with van der Waals surface area (Å²) in [6, 6.07) is -2.28. The van der Waals surface area contributed by atoms with Crippen molar-refractivity contribution in [2.24, 2.45) is 0 Å². The molecule has 10 heavy (non-hydrogen) atoms. The van der Waals surface area contributed by atoms with Crippen molar-refractivity contribution >= 4 is 11.7 Å². The van der Waals surface area contributed by atoms with Gasteiger partial charge < -0.3 is 10.8 Å². The van der Waals surface area contributed by atoms with Crippen molar-refractivity contribution in [1.82, 2.24) is 0 Å². The normalized spacial score (nSPS) is 14.8. The third kappa shape index (κ3) is 1.07. The predicted molar refractivity (Wildman–Crippen MR) is 37.8 cm³/mol. The first kappa shape index (κ1) is 3.05. The van der Waals surface area contributed by atoms with Crippen molar-refractivity contribution in [2.45, 2.75) is 0 Å². The molecule has 0 aromatic heterocycles. The Morgan fingerprint density at radius 2 is 2.20 bits per heavy atom. The van der Waals surface area contributed by atoms with Gasteiger partial charge in [-0.3, -0.25) is 0 Å². The number of rotatable bonds is 1. The number of anilines is 1. The Morgan fingerprint density at radius 1 is 1.60 bits per heavy atom. The van der Waals surface area contributed by atoms with Crippen LogP contribution in [-0.4, -0.2) is 11.1 Å². The van der Waals surface area contributed by atoms with E-state index in [1.165, 1.54) is 0 Å². The van der Waals surface area contributed by atoms with Crippen molar-refractivity contribution < 1.29 is 15.4 Å². The summed E-state index contributed by atoms with van der Waals surface area (Å²) in [5.74, 6) is -1.46. The zero-order valence-electron chi connectivity index (χ0n) is 8.93. The fraction of sp³-hybridized carbons (Fsp3) is 0. The fourth-order valence-electron chi connectivity index (χ4n) is 0.491. The minimum Gasteiger partial charge on any atom is -0.478 e. The van der Waals surface area contributed by atoms with Gasteiger partial charge in [-0.05, 0) is 12.1 Å². The Bertz CT molecular complexity index is 390. The Hall–Kier alpha value is -1.51. The second-order valence-corrected chi connectivity index (χ2v) is 1.59. The van der Waals surface area contributed by atoms with Crippen LogP contribution in [0.15, 0.2) is 24.2 Å². The van der Waals surface area contributed by atoms with E-state index in [4.69, 9.17) is 16.3 Å². The molecule has 0 radical (unpaired) electrons. The highest BCUT2D eigenvalue weighted by molar-refractivity contribution is 5.93. The molecule has 0 aliphatic rings. The van der Waals surface area contributed by atoms with Crippen molar-refractivity contribution in [3.05, 3.63) is 29.7 Å². The van der Waals surface area contributed by atoms with Crippen LogP contribution < -0.4 is 5.73 Å². The van der Waals surface area contributed by atoms with Crippen LogP contribution in [0.5, 0.6) is 0 Å². The maximum atomic E-state index is 10.6. The summed E-state index contributed by atoms with van der Waals surface area (Å²) in [5, 5.41) is 8.66. The largest absolute Gasteiger partial charge is 0.478 e. The molecule has 0 bridgehead atoms. The summed E-state index contributed by atoms with van der Waals surface area (Å²) in [6.07, 6.45) is 0. The van der Waals surface area contributed by atoms with Gasteiger partial charge in [0.05, 0.1) is 11.0 Å². The van der Waals surface area contributed by atoms with E-state index in [1.54, 1.807) is 0 Å². The number of carboxylic acids is 1. The number of hydrogen-bond acceptors (Lipinski definition) is 2. The topological polar surface area (TPSA) is 63.3 Å². The van der Waals surface area contributed by atoms with Gasteiger partial charge in [0.15, 0.2) is 0 Å². The van der Waals surface area contributed by atoms with E-state index >= 15 is 0 Å². The molecule has 52 valence electrons. The molecular weight excluding hydrogens is 130 g/mol. The van der Waals surface area contributed by atoms with Crippen molar-refractivity contribution in [3.63, 3.8) is 0 Å². The quantitative estimate of drug-likeness (QED) is 0.573. The molecule has 0 aliphatic carbocycles. The second kappa shape index (κ2) is 2.39. The molecule has 0 fully saturated rings. The van der Waals surface area contributed by atoms with E-state index in [0.29, 0.717) is 0 Å². The highest BCUT2D eigenvalue weighted by atomic mass is 16.4. The first-order valence-corrected chi connectivity index (χ1v) is 2.47. The number of hydrogen-bond donors (Lipinski definition) is 2. The molecule has 3 heteroatoms. The lowest BCUT2D eigenvalue weighted by atomic mass is 10.2. The van der Waals surface area contributed by atoms with Crippen LogP contribution in [0.4, 0.5) is 5.69 Å². The van der Waals surface area contributed by atoms with Gasteiger partial charge in [-0.2, -0.15) is 0 Å². The van der Waals surface area contributed by atoms with Crippen LogP contribution in [0.3, 0.4) is 0 Å². The molecule has 0 unspecified atom stereocenters. The van der Waals surface area contributed by atoms with Crippen LogP contribution >= 0.6 is 0 Å². The number of aromatic carboxylic acids is 1. The minimum absolute atomic E-state index is 0.441. The van der Waals surface area contributed by atoms with Gasteiger partial charge in [-0.15, -0.1) is 0 Å². The van der Waals surface area contributed by atoms with Gasteiger partial charge in [0.25, 0.3) is 0 Å². The second-order valence-electron chi connectivity index (χ2n) is 1.59. The van der Waals surface area contributed by atoms with Gasteiger partial charge in [0.2, 0.25) is 0 Å². The van der Waals surface area contributed by atoms with Crippen LogP contribution in [-0.2, 0) is 0 Å². The van der Waals surface area contributed by atoms with Gasteiger partial charge in [-0.1, -0.05) is 12.1 Å². The minimum atomic E-state index is -1.46. The van der Waals surface area contributed by atoms with E-state index in [1.807, 2.05) is 0 Å². The Balaban J connectivity index is 3.68. The zero-order chi connectivity index (χ0) is 11.0. The standard InChI is InChI=1S/C7H7NO2/c8-6-4-2-1-3-5(6)7(9)10/h1-4H,8H2,(H,9,10)/i1D,2D,3D,4D. The molecule has 0 saturated carbocycles. The molecule has 3 N–H and O–H groups in total. The molecule has 1 aromatic rings. The Labute approximate surface area is 63.7 Å². The van der Waals surface area contributed by atoms with Gasteiger partial charge in [-0.25, -0.2) is 4.79 Å². The van der Waals surface area contributed by atoms with Crippen LogP contribution in [0.2, 0.25) is 0 Å². The first-order chi connectivity index (χ1) is 6.37. The van der Waals surface area contributed by atoms with Gasteiger partial charge >= 0.3 is 5.97 Å². The molecule has 0 aliphatic heterocycles. The number of carboxylic acid groups (broad SMARTS) is 1. The molecule has 0 heterocycles. The number of benzene rings is 1. The SMILES string of the molecule is [2H]c1c([2H])c([2H])c(C(=O)O)c(N)c1[2H]. The summed E-state index contributed by atoms with van der Waals surface area (Å²) < 4.78 is 28.9. The molecule has 0 atom stereocenters. The number of para-hydroxylation sites is 1. The van der Waals surface area contributed by atoms with Crippen molar-refractivity contribution in [1.29, 1.82) is 0 Å². The molecular formula is C7H7NO2. The lowest BCUT2D eigenvalue weighted by Gasteiger charge is -1.96. The monoisotopic (exact) mass is 141 g/mol. The summed E-state index contributed by atoms with van der Waals surface area (Å²) in [5.41, 5.74) is 4.23. The lowest BCUT2D eigenvalue weighted by molar-refractivity contribution is 0.0698. The molecule has 0 saturated heterocycles. The summed E-state index contributed by atoms with van der Waals surface area (Å²) in [7, 11) is 0. The fourth-order valence-corrected chi connectivity index (χ4v) is 0.491.